The van der Waals surface area contributed by atoms with E-state index in [9.17, 15) is 4.79 Å². The Balaban J connectivity index is 1.67. The number of carbonyl (C=O) groups is 1. The number of hydrazine groups is 1. The Kier molecular flexibility index (Phi) is 4.53. The summed E-state index contributed by atoms with van der Waals surface area (Å²) in [5.41, 5.74) is 8.57. The topological polar surface area (TPSA) is 71.6 Å². The van der Waals surface area contributed by atoms with Gasteiger partial charge in [0.25, 0.3) is 0 Å². The first-order chi connectivity index (χ1) is 12.7. The Labute approximate surface area is 152 Å². The molecular formula is C20H23N3O3. The van der Waals surface area contributed by atoms with Crippen LogP contribution in [-0.2, 0) is 4.79 Å². The smallest absolute Gasteiger partial charge is 0.239 e. The second kappa shape index (κ2) is 6.97. The van der Waals surface area contributed by atoms with Crippen LogP contribution in [0, 0.1) is 5.92 Å². The SMILES string of the molecule is CCOc1ccc(C2NNC3C(=O)NC(c4ccccc4OC)C32)cc1. The average Bonchev–Trinajstić information content (AvgIpc) is 3.24. The summed E-state index contributed by atoms with van der Waals surface area (Å²) in [7, 11) is 1.65. The summed E-state index contributed by atoms with van der Waals surface area (Å²) < 4.78 is 11.0. The number of ether oxygens (including phenoxy) is 2. The molecule has 26 heavy (non-hydrogen) atoms. The van der Waals surface area contributed by atoms with Gasteiger partial charge in [0.2, 0.25) is 5.91 Å². The number of hydrogen-bond acceptors (Lipinski definition) is 5. The summed E-state index contributed by atoms with van der Waals surface area (Å²) >= 11 is 0. The first kappa shape index (κ1) is 16.9. The van der Waals surface area contributed by atoms with E-state index in [2.05, 4.69) is 28.3 Å². The number of rotatable bonds is 5. The fourth-order valence-corrected chi connectivity index (χ4v) is 3.98. The van der Waals surface area contributed by atoms with Crippen LogP contribution in [0.4, 0.5) is 0 Å². The zero-order chi connectivity index (χ0) is 18.1. The lowest BCUT2D eigenvalue weighted by molar-refractivity contribution is -0.121. The van der Waals surface area contributed by atoms with Crippen molar-refractivity contribution in [3.8, 4) is 11.5 Å². The molecule has 2 fully saturated rings. The molecule has 6 nitrogen and oxygen atoms in total. The molecule has 4 atom stereocenters. The van der Waals surface area contributed by atoms with Crippen LogP contribution in [0.1, 0.15) is 30.1 Å². The Bertz CT molecular complexity index is 793. The molecule has 2 saturated heterocycles. The van der Waals surface area contributed by atoms with Gasteiger partial charge in [-0.15, -0.1) is 0 Å². The van der Waals surface area contributed by atoms with Gasteiger partial charge in [-0.05, 0) is 30.7 Å². The standard InChI is InChI=1S/C20H23N3O3/c1-3-26-13-10-8-12(9-11-13)17-16-18(21-20(24)19(16)23-22-17)14-6-4-5-7-15(14)25-2/h4-11,16-19,22-23H,3H2,1-2H3,(H,21,24). The highest BCUT2D eigenvalue weighted by molar-refractivity contribution is 5.86. The van der Waals surface area contributed by atoms with Crippen molar-refractivity contribution in [3.63, 3.8) is 0 Å². The fraction of sp³-hybridized carbons (Fsp3) is 0.350. The molecule has 0 radical (unpaired) electrons. The van der Waals surface area contributed by atoms with E-state index in [1.807, 2.05) is 43.3 Å². The molecule has 2 aromatic rings. The highest BCUT2D eigenvalue weighted by atomic mass is 16.5. The Morgan fingerprint density at radius 1 is 0.962 bits per heavy atom. The number of para-hydroxylation sites is 1. The molecule has 4 rings (SSSR count). The van der Waals surface area contributed by atoms with Crippen LogP contribution in [0.3, 0.4) is 0 Å². The van der Waals surface area contributed by atoms with Gasteiger partial charge in [-0.3, -0.25) is 4.79 Å². The highest BCUT2D eigenvalue weighted by Gasteiger charge is 2.51. The third kappa shape index (κ3) is 2.81. The lowest BCUT2D eigenvalue weighted by Crippen LogP contribution is -2.39. The van der Waals surface area contributed by atoms with Crippen LogP contribution in [0.2, 0.25) is 0 Å². The molecular weight excluding hydrogens is 330 g/mol. The van der Waals surface area contributed by atoms with Crippen molar-refractivity contribution in [2.24, 2.45) is 5.92 Å². The van der Waals surface area contributed by atoms with Gasteiger partial charge in [-0.2, -0.15) is 0 Å². The van der Waals surface area contributed by atoms with Crippen molar-refractivity contribution >= 4 is 5.91 Å². The molecule has 2 heterocycles. The van der Waals surface area contributed by atoms with Gasteiger partial charge < -0.3 is 14.8 Å². The summed E-state index contributed by atoms with van der Waals surface area (Å²) in [4.78, 5) is 12.5. The maximum atomic E-state index is 12.5. The van der Waals surface area contributed by atoms with Crippen LogP contribution in [-0.4, -0.2) is 25.7 Å². The van der Waals surface area contributed by atoms with E-state index in [1.165, 1.54) is 0 Å². The number of methoxy groups -OCH3 is 1. The van der Waals surface area contributed by atoms with E-state index in [0.717, 1.165) is 22.6 Å². The van der Waals surface area contributed by atoms with E-state index in [-0.39, 0.29) is 30.0 Å². The van der Waals surface area contributed by atoms with Crippen molar-refractivity contribution in [1.29, 1.82) is 0 Å². The van der Waals surface area contributed by atoms with E-state index in [4.69, 9.17) is 9.47 Å². The summed E-state index contributed by atoms with van der Waals surface area (Å²) in [5, 5.41) is 3.13. The van der Waals surface area contributed by atoms with E-state index in [1.54, 1.807) is 7.11 Å². The monoisotopic (exact) mass is 353 g/mol. The highest BCUT2D eigenvalue weighted by Crippen LogP contribution is 2.44. The minimum Gasteiger partial charge on any atom is -0.496 e. The maximum absolute atomic E-state index is 12.5. The largest absolute Gasteiger partial charge is 0.496 e. The lowest BCUT2D eigenvalue weighted by atomic mass is 9.83. The second-order valence-electron chi connectivity index (χ2n) is 6.55. The van der Waals surface area contributed by atoms with Gasteiger partial charge in [0.05, 0.1) is 25.8 Å². The van der Waals surface area contributed by atoms with Crippen molar-refractivity contribution in [3.05, 3.63) is 59.7 Å². The third-order valence-corrected chi connectivity index (χ3v) is 5.15. The maximum Gasteiger partial charge on any atom is 0.239 e. The van der Waals surface area contributed by atoms with Crippen LogP contribution in [0.15, 0.2) is 48.5 Å². The Hall–Kier alpha value is -2.57. The molecule has 2 aliphatic rings. The molecule has 4 unspecified atom stereocenters. The molecule has 2 aliphatic heterocycles. The molecule has 1 amide bonds. The molecule has 2 aromatic carbocycles. The van der Waals surface area contributed by atoms with Crippen molar-refractivity contribution < 1.29 is 14.3 Å². The molecule has 3 N–H and O–H groups in total. The van der Waals surface area contributed by atoms with Crippen molar-refractivity contribution in [2.75, 3.05) is 13.7 Å². The van der Waals surface area contributed by atoms with Gasteiger partial charge in [-0.25, -0.2) is 10.9 Å². The predicted molar refractivity (Wildman–Crippen MR) is 97.8 cm³/mol. The van der Waals surface area contributed by atoms with Gasteiger partial charge >= 0.3 is 0 Å². The number of nitrogens with one attached hydrogen (secondary N) is 3. The zero-order valence-corrected chi connectivity index (χ0v) is 14.9. The van der Waals surface area contributed by atoms with Gasteiger partial charge in [0.1, 0.15) is 17.5 Å². The molecule has 0 aromatic heterocycles. The molecule has 6 heteroatoms. The zero-order valence-electron chi connectivity index (χ0n) is 14.9. The fourth-order valence-electron chi connectivity index (χ4n) is 3.98. The van der Waals surface area contributed by atoms with Gasteiger partial charge in [0, 0.05) is 11.5 Å². The normalized spacial score (nSPS) is 27.1. The summed E-state index contributed by atoms with van der Waals surface area (Å²) in [6.45, 7) is 2.61. The van der Waals surface area contributed by atoms with E-state index >= 15 is 0 Å². The number of carbonyl (C=O) groups excluding carboxylic acids is 1. The van der Waals surface area contributed by atoms with Gasteiger partial charge in [-0.1, -0.05) is 30.3 Å². The molecule has 136 valence electrons. The molecule has 0 spiro atoms. The van der Waals surface area contributed by atoms with Crippen molar-refractivity contribution in [2.45, 2.75) is 25.0 Å². The summed E-state index contributed by atoms with van der Waals surface area (Å²) in [5.74, 6) is 1.68. The summed E-state index contributed by atoms with van der Waals surface area (Å²) in [6.07, 6.45) is 0. The third-order valence-electron chi connectivity index (χ3n) is 5.15. The Morgan fingerprint density at radius 3 is 2.42 bits per heavy atom. The molecule has 0 aliphatic carbocycles. The predicted octanol–water partition coefficient (Wildman–Crippen LogP) is 2.10. The van der Waals surface area contributed by atoms with Crippen LogP contribution in [0.5, 0.6) is 11.5 Å². The van der Waals surface area contributed by atoms with Crippen LogP contribution >= 0.6 is 0 Å². The number of amides is 1. The first-order valence-electron chi connectivity index (χ1n) is 8.90. The summed E-state index contributed by atoms with van der Waals surface area (Å²) in [6, 6.07) is 15.5. The first-order valence-corrected chi connectivity index (χ1v) is 8.90. The average molecular weight is 353 g/mol. The van der Waals surface area contributed by atoms with E-state index in [0.29, 0.717) is 6.61 Å². The minimum absolute atomic E-state index is 0.00420. The molecule has 0 bridgehead atoms. The number of fused-ring (bicyclic) bond motifs is 1. The van der Waals surface area contributed by atoms with E-state index < -0.39 is 0 Å². The van der Waals surface area contributed by atoms with Crippen molar-refractivity contribution in [1.82, 2.24) is 16.2 Å². The number of hydrogen-bond donors (Lipinski definition) is 3. The van der Waals surface area contributed by atoms with Crippen LogP contribution < -0.4 is 25.6 Å². The minimum atomic E-state index is -0.276. The van der Waals surface area contributed by atoms with Gasteiger partial charge in [0.15, 0.2) is 0 Å². The number of benzene rings is 2. The second-order valence-corrected chi connectivity index (χ2v) is 6.55. The quantitative estimate of drug-likeness (QED) is 0.768. The van der Waals surface area contributed by atoms with Crippen LogP contribution in [0.25, 0.3) is 0 Å². The molecule has 0 saturated carbocycles. The Morgan fingerprint density at radius 2 is 1.69 bits per heavy atom. The lowest BCUT2D eigenvalue weighted by Gasteiger charge is -2.25.